The van der Waals surface area contributed by atoms with Crippen LogP contribution >= 0.6 is 0 Å². The van der Waals surface area contributed by atoms with Crippen LogP contribution in [0.15, 0.2) is 36.5 Å². The number of aromatic carboxylic acids is 1. The van der Waals surface area contributed by atoms with E-state index in [4.69, 9.17) is 0 Å². The summed E-state index contributed by atoms with van der Waals surface area (Å²) in [5.41, 5.74) is 1.56. The molecule has 5 heteroatoms. The third kappa shape index (κ3) is 2.10. The highest BCUT2D eigenvalue weighted by Crippen LogP contribution is 2.35. The highest BCUT2D eigenvalue weighted by molar-refractivity contribution is 5.94. The zero-order chi connectivity index (χ0) is 14.1. The average Bonchev–Trinajstić information content (AvgIpc) is 3.05. The molecule has 1 aliphatic carbocycles. The molecule has 0 radical (unpaired) electrons. The summed E-state index contributed by atoms with van der Waals surface area (Å²) in [6.45, 7) is 0. The van der Waals surface area contributed by atoms with E-state index in [1.165, 1.54) is 6.20 Å². The molecule has 1 aromatic heterocycles. The average molecular weight is 272 g/mol. The lowest BCUT2D eigenvalue weighted by Gasteiger charge is -2.18. The van der Waals surface area contributed by atoms with Crippen molar-refractivity contribution in [3.8, 4) is 11.3 Å². The molecule has 2 aromatic rings. The van der Waals surface area contributed by atoms with Gasteiger partial charge in [0.05, 0.1) is 24.0 Å². The van der Waals surface area contributed by atoms with E-state index < -0.39 is 12.1 Å². The minimum Gasteiger partial charge on any atom is -0.478 e. The number of hydrogen-bond donors (Lipinski definition) is 2. The van der Waals surface area contributed by atoms with Gasteiger partial charge in [0, 0.05) is 5.56 Å². The maximum absolute atomic E-state index is 11.4. The molecule has 3 rings (SSSR count). The summed E-state index contributed by atoms with van der Waals surface area (Å²) in [6, 6.07) is 9.20. The van der Waals surface area contributed by atoms with Gasteiger partial charge in [0.1, 0.15) is 5.56 Å². The number of benzene rings is 1. The van der Waals surface area contributed by atoms with Crippen LogP contribution in [0.4, 0.5) is 0 Å². The van der Waals surface area contributed by atoms with E-state index in [0.717, 1.165) is 24.8 Å². The van der Waals surface area contributed by atoms with E-state index in [2.05, 4.69) is 5.10 Å². The first-order valence-electron chi connectivity index (χ1n) is 6.73. The molecule has 20 heavy (non-hydrogen) atoms. The molecular formula is C15H16N2O3. The molecule has 1 saturated carbocycles. The standard InChI is InChI=1S/C15H16N2O3/c18-13-8-4-7-12(13)17-14(10-5-2-1-3-6-10)11(9-16-17)15(19)20/h1-3,5-6,9,12-13,18H,4,7-8H2,(H,19,20). The predicted octanol–water partition coefficient (Wildman–Crippen LogP) is 2.33. The number of carboxylic acid groups (broad SMARTS) is 1. The Morgan fingerprint density at radius 2 is 2.00 bits per heavy atom. The molecule has 0 aliphatic heterocycles. The molecule has 1 fully saturated rings. The number of hydrogen-bond acceptors (Lipinski definition) is 3. The molecule has 5 nitrogen and oxygen atoms in total. The second kappa shape index (κ2) is 5.09. The summed E-state index contributed by atoms with van der Waals surface area (Å²) >= 11 is 0. The summed E-state index contributed by atoms with van der Waals surface area (Å²) in [6.07, 6.45) is 3.40. The van der Waals surface area contributed by atoms with Crippen molar-refractivity contribution in [2.24, 2.45) is 0 Å². The number of aliphatic hydroxyl groups excluding tert-OH is 1. The van der Waals surface area contributed by atoms with E-state index in [1.807, 2.05) is 30.3 Å². The first-order valence-corrected chi connectivity index (χ1v) is 6.73. The van der Waals surface area contributed by atoms with Crippen molar-refractivity contribution < 1.29 is 15.0 Å². The van der Waals surface area contributed by atoms with Gasteiger partial charge in [-0.25, -0.2) is 4.79 Å². The first-order chi connectivity index (χ1) is 9.68. The second-order valence-electron chi connectivity index (χ2n) is 5.09. The number of carboxylic acids is 1. The Labute approximate surface area is 116 Å². The molecule has 1 aromatic carbocycles. The Balaban J connectivity index is 2.14. The lowest BCUT2D eigenvalue weighted by atomic mass is 10.1. The molecule has 1 heterocycles. The van der Waals surface area contributed by atoms with Crippen LogP contribution in [0.1, 0.15) is 35.7 Å². The molecule has 2 atom stereocenters. The van der Waals surface area contributed by atoms with Gasteiger partial charge in [-0.05, 0) is 19.3 Å². The maximum atomic E-state index is 11.4. The fourth-order valence-corrected chi connectivity index (χ4v) is 2.86. The Kier molecular flexibility index (Phi) is 3.28. The highest BCUT2D eigenvalue weighted by atomic mass is 16.4. The van der Waals surface area contributed by atoms with Crippen molar-refractivity contribution in [2.45, 2.75) is 31.4 Å². The molecule has 0 amide bonds. The fourth-order valence-electron chi connectivity index (χ4n) is 2.86. The Hall–Kier alpha value is -2.14. The minimum atomic E-state index is -0.998. The van der Waals surface area contributed by atoms with Crippen molar-refractivity contribution in [2.75, 3.05) is 0 Å². The predicted molar refractivity (Wildman–Crippen MR) is 73.5 cm³/mol. The van der Waals surface area contributed by atoms with E-state index in [-0.39, 0.29) is 11.6 Å². The van der Waals surface area contributed by atoms with E-state index in [0.29, 0.717) is 5.69 Å². The lowest BCUT2D eigenvalue weighted by Crippen LogP contribution is -2.20. The van der Waals surface area contributed by atoms with Crippen LogP contribution in [0.25, 0.3) is 11.3 Å². The van der Waals surface area contributed by atoms with Gasteiger partial charge < -0.3 is 10.2 Å². The van der Waals surface area contributed by atoms with Gasteiger partial charge >= 0.3 is 5.97 Å². The molecule has 1 aliphatic rings. The second-order valence-corrected chi connectivity index (χ2v) is 5.09. The number of aliphatic hydroxyl groups is 1. The van der Waals surface area contributed by atoms with Crippen LogP contribution in [-0.2, 0) is 0 Å². The van der Waals surface area contributed by atoms with Gasteiger partial charge in [-0.2, -0.15) is 5.10 Å². The summed E-state index contributed by atoms with van der Waals surface area (Å²) in [7, 11) is 0. The molecule has 104 valence electrons. The van der Waals surface area contributed by atoms with Crippen molar-refractivity contribution >= 4 is 5.97 Å². The minimum absolute atomic E-state index is 0.140. The molecule has 2 N–H and O–H groups in total. The number of carbonyl (C=O) groups is 1. The van der Waals surface area contributed by atoms with Gasteiger partial charge in [-0.3, -0.25) is 4.68 Å². The zero-order valence-electron chi connectivity index (χ0n) is 10.9. The quantitative estimate of drug-likeness (QED) is 0.899. The maximum Gasteiger partial charge on any atom is 0.339 e. The van der Waals surface area contributed by atoms with E-state index in [9.17, 15) is 15.0 Å². The Morgan fingerprint density at radius 3 is 2.60 bits per heavy atom. The molecule has 2 unspecified atom stereocenters. The van der Waals surface area contributed by atoms with Gasteiger partial charge in [0.15, 0.2) is 0 Å². The third-order valence-electron chi connectivity index (χ3n) is 3.83. The number of rotatable bonds is 3. The molecule has 0 saturated heterocycles. The third-order valence-corrected chi connectivity index (χ3v) is 3.83. The Morgan fingerprint density at radius 1 is 1.25 bits per heavy atom. The first kappa shape index (κ1) is 12.9. The van der Waals surface area contributed by atoms with Crippen molar-refractivity contribution in [3.63, 3.8) is 0 Å². The topological polar surface area (TPSA) is 75.3 Å². The van der Waals surface area contributed by atoms with Crippen molar-refractivity contribution in [3.05, 3.63) is 42.1 Å². The smallest absolute Gasteiger partial charge is 0.339 e. The fraction of sp³-hybridized carbons (Fsp3) is 0.333. The molecule has 0 bridgehead atoms. The summed E-state index contributed by atoms with van der Waals surface area (Å²) < 4.78 is 1.68. The largest absolute Gasteiger partial charge is 0.478 e. The zero-order valence-corrected chi connectivity index (χ0v) is 10.9. The van der Waals surface area contributed by atoms with Gasteiger partial charge in [-0.1, -0.05) is 30.3 Å². The normalized spacial score (nSPS) is 22.1. The van der Waals surface area contributed by atoms with Crippen molar-refractivity contribution in [1.82, 2.24) is 9.78 Å². The van der Waals surface area contributed by atoms with Gasteiger partial charge in [0.2, 0.25) is 0 Å². The monoisotopic (exact) mass is 272 g/mol. The van der Waals surface area contributed by atoms with Crippen LogP contribution in [0.5, 0.6) is 0 Å². The SMILES string of the molecule is O=C(O)c1cnn(C2CCCC2O)c1-c1ccccc1. The van der Waals surface area contributed by atoms with Gasteiger partial charge in [0.25, 0.3) is 0 Å². The number of nitrogens with zero attached hydrogens (tertiary/aromatic N) is 2. The highest BCUT2D eigenvalue weighted by Gasteiger charge is 2.31. The molecule has 0 spiro atoms. The van der Waals surface area contributed by atoms with E-state index >= 15 is 0 Å². The van der Waals surface area contributed by atoms with Crippen LogP contribution in [-0.4, -0.2) is 32.1 Å². The van der Waals surface area contributed by atoms with Gasteiger partial charge in [-0.15, -0.1) is 0 Å². The Bertz CT molecular complexity index is 621. The summed E-state index contributed by atoms with van der Waals surface area (Å²) in [5.74, 6) is -0.998. The lowest BCUT2D eigenvalue weighted by molar-refractivity contribution is 0.0697. The summed E-state index contributed by atoms with van der Waals surface area (Å²) in [5, 5.41) is 23.6. The van der Waals surface area contributed by atoms with Crippen molar-refractivity contribution in [1.29, 1.82) is 0 Å². The molecular weight excluding hydrogens is 256 g/mol. The van der Waals surface area contributed by atoms with E-state index in [1.54, 1.807) is 4.68 Å². The van der Waals surface area contributed by atoms with Crippen LogP contribution in [0.3, 0.4) is 0 Å². The van der Waals surface area contributed by atoms with Crippen LogP contribution in [0.2, 0.25) is 0 Å². The summed E-state index contributed by atoms with van der Waals surface area (Å²) in [4.78, 5) is 11.4. The van der Waals surface area contributed by atoms with Crippen LogP contribution < -0.4 is 0 Å². The van der Waals surface area contributed by atoms with Crippen LogP contribution in [0, 0.1) is 0 Å². The number of aromatic nitrogens is 2.